The molecule has 14 heteroatoms. The van der Waals surface area contributed by atoms with Crippen molar-refractivity contribution in [2.24, 2.45) is 0 Å². The van der Waals surface area contributed by atoms with E-state index >= 15 is 0 Å². The molecule has 13 nitrogen and oxygen atoms in total. The van der Waals surface area contributed by atoms with Gasteiger partial charge in [-0.05, 0) is 102 Å². The van der Waals surface area contributed by atoms with Gasteiger partial charge in [0.15, 0.2) is 5.58 Å². The summed E-state index contributed by atoms with van der Waals surface area (Å²) in [5.74, 6) is -0.736. The third-order valence-corrected chi connectivity index (χ3v) is 10.4. The van der Waals surface area contributed by atoms with Gasteiger partial charge < -0.3 is 39.6 Å². The predicted molar refractivity (Wildman–Crippen MR) is 225 cm³/mol. The number of hydrogen-bond donors (Lipinski definition) is 5. The lowest BCUT2D eigenvalue weighted by molar-refractivity contribution is -0.140. The van der Waals surface area contributed by atoms with Crippen molar-refractivity contribution in [3.63, 3.8) is 0 Å². The molecule has 2 atom stereocenters. The first-order valence-electron chi connectivity index (χ1n) is 19.4. The number of nitriles is 1. The molecule has 0 bridgehead atoms. The van der Waals surface area contributed by atoms with E-state index in [9.17, 15) is 25.1 Å². The molecule has 0 saturated carbocycles. The van der Waals surface area contributed by atoms with E-state index in [0.29, 0.717) is 64.0 Å². The quantitative estimate of drug-likeness (QED) is 0.0496. The molecule has 0 saturated heterocycles. The Balaban J connectivity index is 1.19. The van der Waals surface area contributed by atoms with Crippen LogP contribution in [0.3, 0.4) is 0 Å². The lowest BCUT2D eigenvalue weighted by atomic mass is 9.91. The van der Waals surface area contributed by atoms with Gasteiger partial charge in [-0.15, -0.1) is 0 Å². The average molecular weight is 833 g/mol. The van der Waals surface area contributed by atoms with Crippen LogP contribution in [0.4, 0.5) is 0 Å². The summed E-state index contributed by atoms with van der Waals surface area (Å²) >= 11 is 6.79. The highest BCUT2D eigenvalue weighted by atomic mass is 35.5. The molecular weight excluding hydrogens is 788 g/mol. The molecule has 5 N–H and O–H groups in total. The van der Waals surface area contributed by atoms with Gasteiger partial charge in [0.05, 0.1) is 35.6 Å². The number of aliphatic hydroxyl groups excluding tert-OH is 2. The predicted octanol–water partition coefficient (Wildman–Crippen LogP) is 7.94. The Morgan fingerprint density at radius 2 is 1.55 bits per heavy atom. The van der Waals surface area contributed by atoms with Gasteiger partial charge in [0, 0.05) is 42.7 Å². The van der Waals surface area contributed by atoms with Crippen LogP contribution in [0.5, 0.6) is 11.5 Å². The average Bonchev–Trinajstić information content (AvgIpc) is 3.63. The smallest absolute Gasteiger partial charge is 0.306 e. The number of aromatic nitrogens is 2. The van der Waals surface area contributed by atoms with E-state index < -0.39 is 24.1 Å². The molecule has 60 heavy (non-hydrogen) atoms. The molecule has 0 aliphatic heterocycles. The number of nitrogens with one attached hydrogen (secondary N) is 1. The topological polar surface area (TPSA) is 208 Å². The maximum atomic E-state index is 11.0. The van der Waals surface area contributed by atoms with Gasteiger partial charge >= 0.3 is 11.9 Å². The van der Waals surface area contributed by atoms with Crippen LogP contribution in [0.2, 0.25) is 5.02 Å². The number of fused-ring (bicyclic) bond motifs is 1. The van der Waals surface area contributed by atoms with Gasteiger partial charge in [-0.1, -0.05) is 48.0 Å². The number of carbonyl (C=O) groups is 2. The van der Waals surface area contributed by atoms with E-state index in [4.69, 9.17) is 40.7 Å². The number of benzene rings is 4. The van der Waals surface area contributed by atoms with Crippen LogP contribution in [0.1, 0.15) is 64.6 Å². The Labute approximate surface area is 351 Å². The van der Waals surface area contributed by atoms with E-state index in [0.717, 1.165) is 44.5 Å². The maximum absolute atomic E-state index is 11.0. The van der Waals surface area contributed by atoms with E-state index in [2.05, 4.69) is 28.5 Å². The first kappa shape index (κ1) is 43.3. The first-order chi connectivity index (χ1) is 28.9. The summed E-state index contributed by atoms with van der Waals surface area (Å²) in [7, 11) is 0. The minimum atomic E-state index is -1.06. The Kier molecular flexibility index (Phi) is 14.5. The Bertz CT molecular complexity index is 2530. The van der Waals surface area contributed by atoms with E-state index in [1.807, 2.05) is 56.3 Å². The number of nitrogens with zero attached hydrogens (tertiary/aromatic N) is 3. The zero-order valence-electron chi connectivity index (χ0n) is 33.2. The van der Waals surface area contributed by atoms with Gasteiger partial charge in [-0.3, -0.25) is 14.6 Å². The van der Waals surface area contributed by atoms with Crippen molar-refractivity contribution in [1.29, 1.82) is 5.26 Å². The standard InChI is InChI=1S/C46H45ClN4O9/c1-27-33(26-59-43-19-42(58-25-31-14-30(20-48)22-49-23-31)32(16-39(43)47)6-3-8-34(52)17-44(54)55)7-4-9-36(27)37-10-5-11-38(28(37)2)46-51-40-15-29(12-13-41(40)60-46)21-50-24-35(53)18-45(56)57/h4-5,7,9-16,19,22-23,34-35,50,52-53H,3,6,8,17-18,21,24-26H2,1-2H3,(H,54,55)(H,56,57)/t34-,35+/m1/s1. The molecule has 0 aliphatic rings. The highest BCUT2D eigenvalue weighted by Gasteiger charge is 2.18. The van der Waals surface area contributed by atoms with Gasteiger partial charge in [0.1, 0.15) is 36.3 Å². The summed E-state index contributed by atoms with van der Waals surface area (Å²) in [5.41, 5.74) is 9.85. The minimum absolute atomic E-state index is 0.128. The highest BCUT2D eigenvalue weighted by Crippen LogP contribution is 2.38. The number of oxazole rings is 1. The second kappa shape index (κ2) is 20.1. The minimum Gasteiger partial charge on any atom is -0.488 e. The van der Waals surface area contributed by atoms with Crippen molar-refractivity contribution in [2.75, 3.05) is 6.54 Å². The van der Waals surface area contributed by atoms with Crippen molar-refractivity contribution >= 4 is 34.6 Å². The molecule has 0 aliphatic carbocycles. The number of hydrogen-bond acceptors (Lipinski definition) is 11. The Morgan fingerprint density at radius 3 is 2.32 bits per heavy atom. The van der Waals surface area contributed by atoms with Crippen LogP contribution in [0, 0.1) is 25.2 Å². The summed E-state index contributed by atoms with van der Waals surface area (Å²) < 4.78 is 18.8. The number of halogens is 1. The van der Waals surface area contributed by atoms with Crippen LogP contribution >= 0.6 is 11.6 Å². The number of aliphatic carboxylic acids is 2. The number of aryl methyl sites for hydroxylation is 1. The van der Waals surface area contributed by atoms with Crippen LogP contribution < -0.4 is 14.8 Å². The van der Waals surface area contributed by atoms with Crippen molar-refractivity contribution in [3.8, 4) is 40.1 Å². The number of carboxylic acid groups (broad SMARTS) is 2. The largest absolute Gasteiger partial charge is 0.488 e. The molecule has 4 aromatic carbocycles. The molecule has 0 amide bonds. The van der Waals surface area contributed by atoms with E-state index in [1.165, 1.54) is 6.20 Å². The van der Waals surface area contributed by atoms with Crippen molar-refractivity contribution in [2.45, 2.75) is 77.9 Å². The van der Waals surface area contributed by atoms with Crippen molar-refractivity contribution in [3.05, 3.63) is 129 Å². The molecule has 2 heterocycles. The number of carboxylic acids is 2. The Hall–Kier alpha value is -6.30. The third-order valence-electron chi connectivity index (χ3n) is 10.1. The van der Waals surface area contributed by atoms with Crippen molar-refractivity contribution < 1.29 is 43.9 Å². The number of pyridine rings is 1. The molecule has 0 spiro atoms. The zero-order chi connectivity index (χ0) is 42.8. The van der Waals surface area contributed by atoms with Crippen LogP contribution in [-0.4, -0.2) is 61.1 Å². The molecule has 310 valence electrons. The Morgan fingerprint density at radius 1 is 0.833 bits per heavy atom. The maximum Gasteiger partial charge on any atom is 0.306 e. The molecule has 0 unspecified atom stereocenters. The van der Waals surface area contributed by atoms with Crippen LogP contribution in [-0.2, 0) is 35.8 Å². The van der Waals surface area contributed by atoms with Gasteiger partial charge in [-0.2, -0.15) is 5.26 Å². The van der Waals surface area contributed by atoms with E-state index in [1.54, 1.807) is 24.4 Å². The number of rotatable bonds is 20. The van der Waals surface area contributed by atoms with Crippen LogP contribution in [0.25, 0.3) is 33.7 Å². The molecular formula is C46H45ClN4O9. The third kappa shape index (κ3) is 11.2. The lowest BCUT2D eigenvalue weighted by Crippen LogP contribution is -2.28. The highest BCUT2D eigenvalue weighted by molar-refractivity contribution is 6.32. The normalized spacial score (nSPS) is 12.2. The summed E-state index contributed by atoms with van der Waals surface area (Å²) in [6.45, 7) is 4.97. The molecule has 2 aromatic heterocycles. The second-order valence-electron chi connectivity index (χ2n) is 14.6. The fourth-order valence-electron chi connectivity index (χ4n) is 6.94. The summed E-state index contributed by atoms with van der Waals surface area (Å²) in [5, 5.41) is 50.6. The fraction of sp³-hybridized carbons (Fsp3) is 0.283. The SMILES string of the molecule is Cc1c(COc2cc(OCc3cncc(C#N)c3)c(CCC[C@@H](O)CC(=O)O)cc2Cl)cccc1-c1cccc(-c2nc3cc(CNC[C@@H](O)CC(=O)O)ccc3o2)c1C. The summed E-state index contributed by atoms with van der Waals surface area (Å²) in [6.07, 6.45) is 1.73. The number of aliphatic hydroxyl groups is 2. The van der Waals surface area contributed by atoms with Gasteiger partial charge in [0.25, 0.3) is 0 Å². The van der Waals surface area contributed by atoms with Gasteiger partial charge in [-0.25, -0.2) is 4.98 Å². The summed E-state index contributed by atoms with van der Waals surface area (Å²) in [4.78, 5) is 30.8. The number of ether oxygens (including phenoxy) is 2. The molecule has 0 radical (unpaired) electrons. The summed E-state index contributed by atoms with van der Waals surface area (Å²) in [6, 6.07) is 24.9. The molecule has 6 aromatic rings. The lowest BCUT2D eigenvalue weighted by Gasteiger charge is -2.18. The first-order valence-corrected chi connectivity index (χ1v) is 19.8. The zero-order valence-corrected chi connectivity index (χ0v) is 33.9. The van der Waals surface area contributed by atoms with Crippen molar-refractivity contribution in [1.82, 2.24) is 15.3 Å². The molecule has 0 fully saturated rings. The van der Waals surface area contributed by atoms with E-state index in [-0.39, 0.29) is 39.0 Å². The monoisotopic (exact) mass is 832 g/mol. The fourth-order valence-corrected chi connectivity index (χ4v) is 7.18. The second-order valence-corrected chi connectivity index (χ2v) is 15.0. The molecule has 6 rings (SSSR count). The van der Waals surface area contributed by atoms with Gasteiger partial charge in [0.2, 0.25) is 5.89 Å². The van der Waals surface area contributed by atoms with Crippen LogP contribution in [0.15, 0.2) is 89.6 Å².